The normalized spacial score (nSPS) is 11.1. The van der Waals surface area contributed by atoms with Crippen molar-refractivity contribution < 1.29 is 4.39 Å². The first-order valence-corrected chi connectivity index (χ1v) is 10.0. The second-order valence-electron chi connectivity index (χ2n) is 6.71. The van der Waals surface area contributed by atoms with Crippen LogP contribution in [0, 0.1) is 12.7 Å². The molecule has 0 unspecified atom stereocenters. The van der Waals surface area contributed by atoms with Crippen LogP contribution in [0.2, 0.25) is 0 Å². The molecule has 0 aliphatic carbocycles. The van der Waals surface area contributed by atoms with Crippen LogP contribution >= 0.6 is 11.8 Å². The predicted molar refractivity (Wildman–Crippen MR) is 112 cm³/mol. The van der Waals surface area contributed by atoms with Gasteiger partial charge in [-0.15, -0.1) is 0 Å². The quantitative estimate of drug-likeness (QED) is 0.348. The lowest BCUT2D eigenvalue weighted by Gasteiger charge is -2.13. The minimum atomic E-state index is -0.290. The Kier molecular flexibility index (Phi) is 5.26. The summed E-state index contributed by atoms with van der Waals surface area (Å²) in [6.07, 6.45) is 0. The number of halogens is 1. The molecule has 0 amide bonds. The van der Waals surface area contributed by atoms with Gasteiger partial charge >= 0.3 is 0 Å². The maximum absolute atomic E-state index is 13.2. The van der Waals surface area contributed by atoms with Gasteiger partial charge in [0.2, 0.25) is 0 Å². The summed E-state index contributed by atoms with van der Waals surface area (Å²) in [5, 5.41) is 1.25. The molecule has 140 valence electrons. The Bertz CT molecular complexity index is 1190. The van der Waals surface area contributed by atoms with Crippen molar-refractivity contribution in [3.05, 3.63) is 106 Å². The monoisotopic (exact) mass is 390 g/mol. The summed E-state index contributed by atoms with van der Waals surface area (Å²) < 4.78 is 14.9. The fourth-order valence-electron chi connectivity index (χ4n) is 3.12. The Morgan fingerprint density at radius 2 is 1.75 bits per heavy atom. The number of fused-ring (bicyclic) bond motifs is 1. The van der Waals surface area contributed by atoms with Gasteiger partial charge in [0.15, 0.2) is 5.16 Å². The maximum atomic E-state index is 13.2. The highest BCUT2D eigenvalue weighted by molar-refractivity contribution is 7.98. The van der Waals surface area contributed by atoms with Crippen molar-refractivity contribution in [3.63, 3.8) is 0 Å². The second kappa shape index (κ2) is 7.98. The molecule has 0 spiro atoms. The number of benzene rings is 3. The average molecular weight is 390 g/mol. The third-order valence-corrected chi connectivity index (χ3v) is 5.58. The molecule has 3 nitrogen and oxygen atoms in total. The summed E-state index contributed by atoms with van der Waals surface area (Å²) in [6.45, 7) is 2.42. The van der Waals surface area contributed by atoms with E-state index in [0.29, 0.717) is 22.6 Å². The summed E-state index contributed by atoms with van der Waals surface area (Å²) in [6, 6.07) is 21.9. The van der Waals surface area contributed by atoms with Gasteiger partial charge in [-0.2, -0.15) is 0 Å². The van der Waals surface area contributed by atoms with Crippen LogP contribution in [-0.2, 0) is 12.3 Å². The van der Waals surface area contributed by atoms with Crippen LogP contribution in [0.3, 0.4) is 0 Å². The van der Waals surface area contributed by atoms with Crippen LogP contribution < -0.4 is 5.56 Å². The fourth-order valence-corrected chi connectivity index (χ4v) is 4.06. The highest BCUT2D eigenvalue weighted by Gasteiger charge is 2.12. The lowest BCUT2D eigenvalue weighted by atomic mass is 10.2. The number of para-hydroxylation sites is 1. The Balaban J connectivity index is 1.74. The molecule has 0 saturated heterocycles. The Labute approximate surface area is 166 Å². The highest BCUT2D eigenvalue weighted by atomic mass is 32.2. The number of hydrogen-bond donors (Lipinski definition) is 0. The van der Waals surface area contributed by atoms with Crippen LogP contribution in [0.5, 0.6) is 0 Å². The largest absolute Gasteiger partial charge is 0.283 e. The molecule has 0 aliphatic heterocycles. The molecule has 0 fully saturated rings. The summed E-state index contributed by atoms with van der Waals surface area (Å²) >= 11 is 1.54. The van der Waals surface area contributed by atoms with E-state index in [1.807, 2.05) is 24.3 Å². The topological polar surface area (TPSA) is 34.9 Å². The van der Waals surface area contributed by atoms with Crippen molar-refractivity contribution in [1.82, 2.24) is 9.55 Å². The summed E-state index contributed by atoms with van der Waals surface area (Å²) in [5.74, 6) is 0.428. The van der Waals surface area contributed by atoms with E-state index >= 15 is 0 Å². The molecule has 28 heavy (non-hydrogen) atoms. The van der Waals surface area contributed by atoms with Gasteiger partial charge in [-0.3, -0.25) is 9.36 Å². The average Bonchev–Trinajstić information content (AvgIpc) is 2.70. The molecule has 4 rings (SSSR count). The molecule has 0 N–H and O–H groups in total. The standard InChI is InChI=1S/C23H19FN2OS/c1-16-5-4-6-18(13-16)15-28-23-25-21-8-3-2-7-20(21)22(27)26(23)14-17-9-11-19(24)12-10-17/h2-13H,14-15H2,1H3. The van der Waals surface area contributed by atoms with Crippen molar-refractivity contribution >= 4 is 22.7 Å². The third kappa shape index (κ3) is 3.99. The minimum absolute atomic E-state index is 0.0818. The Morgan fingerprint density at radius 3 is 2.54 bits per heavy atom. The van der Waals surface area contributed by atoms with E-state index in [0.717, 1.165) is 11.3 Å². The third-order valence-electron chi connectivity index (χ3n) is 4.53. The summed E-state index contributed by atoms with van der Waals surface area (Å²) in [4.78, 5) is 17.9. The molecule has 3 aromatic carbocycles. The lowest BCUT2D eigenvalue weighted by molar-refractivity contribution is 0.622. The van der Waals surface area contributed by atoms with Gasteiger partial charge in [0.25, 0.3) is 5.56 Å². The fraction of sp³-hybridized carbons (Fsp3) is 0.130. The zero-order chi connectivity index (χ0) is 19.5. The van der Waals surface area contributed by atoms with Crippen molar-refractivity contribution in [2.45, 2.75) is 24.4 Å². The molecular formula is C23H19FN2OS. The van der Waals surface area contributed by atoms with Crippen molar-refractivity contribution in [2.24, 2.45) is 0 Å². The van der Waals surface area contributed by atoms with Crippen LogP contribution in [0.15, 0.2) is 82.7 Å². The van der Waals surface area contributed by atoms with Crippen molar-refractivity contribution in [3.8, 4) is 0 Å². The van der Waals surface area contributed by atoms with E-state index in [-0.39, 0.29) is 11.4 Å². The van der Waals surface area contributed by atoms with Crippen LogP contribution in [0.4, 0.5) is 4.39 Å². The molecule has 1 heterocycles. The van der Waals surface area contributed by atoms with Gasteiger partial charge in [0.1, 0.15) is 5.82 Å². The first-order valence-electron chi connectivity index (χ1n) is 9.02. The number of aryl methyl sites for hydroxylation is 1. The van der Waals surface area contributed by atoms with Gasteiger partial charge in [0.05, 0.1) is 17.4 Å². The molecule has 5 heteroatoms. The van der Waals surface area contributed by atoms with E-state index in [1.165, 1.54) is 35.0 Å². The highest BCUT2D eigenvalue weighted by Crippen LogP contribution is 2.23. The molecule has 4 aromatic rings. The van der Waals surface area contributed by atoms with E-state index in [2.05, 4.69) is 25.1 Å². The number of hydrogen-bond acceptors (Lipinski definition) is 3. The van der Waals surface area contributed by atoms with E-state index in [9.17, 15) is 9.18 Å². The zero-order valence-corrected chi connectivity index (χ0v) is 16.2. The minimum Gasteiger partial charge on any atom is -0.283 e. The van der Waals surface area contributed by atoms with Gasteiger partial charge in [-0.25, -0.2) is 9.37 Å². The molecule has 0 atom stereocenters. The lowest BCUT2D eigenvalue weighted by Crippen LogP contribution is -2.24. The summed E-state index contributed by atoms with van der Waals surface area (Å²) in [5.41, 5.74) is 3.85. The van der Waals surface area contributed by atoms with E-state index < -0.39 is 0 Å². The first-order chi connectivity index (χ1) is 13.6. The molecular weight excluding hydrogens is 371 g/mol. The van der Waals surface area contributed by atoms with Gasteiger partial charge in [-0.1, -0.05) is 65.9 Å². The Morgan fingerprint density at radius 1 is 0.964 bits per heavy atom. The molecule has 0 radical (unpaired) electrons. The van der Waals surface area contributed by atoms with Crippen LogP contribution in [0.1, 0.15) is 16.7 Å². The van der Waals surface area contributed by atoms with Crippen molar-refractivity contribution in [2.75, 3.05) is 0 Å². The first kappa shape index (κ1) is 18.4. The van der Waals surface area contributed by atoms with Gasteiger partial charge in [-0.05, 0) is 42.3 Å². The number of aromatic nitrogens is 2. The molecule has 0 bridgehead atoms. The number of thioether (sulfide) groups is 1. The van der Waals surface area contributed by atoms with E-state index in [4.69, 9.17) is 4.98 Å². The maximum Gasteiger partial charge on any atom is 0.262 e. The summed E-state index contributed by atoms with van der Waals surface area (Å²) in [7, 11) is 0. The smallest absolute Gasteiger partial charge is 0.262 e. The van der Waals surface area contributed by atoms with Crippen LogP contribution in [-0.4, -0.2) is 9.55 Å². The zero-order valence-electron chi connectivity index (χ0n) is 15.4. The SMILES string of the molecule is Cc1cccc(CSc2nc3ccccc3c(=O)n2Cc2ccc(F)cc2)c1. The molecule has 0 saturated carbocycles. The molecule has 0 aliphatic rings. The van der Waals surface area contributed by atoms with Gasteiger partial charge in [0, 0.05) is 5.75 Å². The van der Waals surface area contributed by atoms with E-state index in [1.54, 1.807) is 22.8 Å². The van der Waals surface area contributed by atoms with Gasteiger partial charge < -0.3 is 0 Å². The number of rotatable bonds is 5. The predicted octanol–water partition coefficient (Wildman–Crippen LogP) is 5.18. The second-order valence-corrected chi connectivity index (χ2v) is 7.65. The van der Waals surface area contributed by atoms with Crippen LogP contribution in [0.25, 0.3) is 10.9 Å². The Hall–Kier alpha value is -2.92. The molecule has 1 aromatic heterocycles. The van der Waals surface area contributed by atoms with Crippen molar-refractivity contribution in [1.29, 1.82) is 0 Å². The number of nitrogens with zero attached hydrogens (tertiary/aromatic N) is 2.